The normalized spacial score (nSPS) is 18.8. The van der Waals surface area contributed by atoms with Crippen molar-refractivity contribution in [1.29, 1.82) is 0 Å². The lowest BCUT2D eigenvalue weighted by Crippen LogP contribution is -2.37. The van der Waals surface area contributed by atoms with E-state index in [0.29, 0.717) is 12.1 Å². The Kier molecular flexibility index (Phi) is 5.23. The topological polar surface area (TPSA) is 58.4 Å². The molecule has 0 spiro atoms. The van der Waals surface area contributed by atoms with Gasteiger partial charge in [-0.3, -0.25) is 4.79 Å². The summed E-state index contributed by atoms with van der Waals surface area (Å²) in [6.07, 6.45) is 2.17. The van der Waals surface area contributed by atoms with Gasteiger partial charge in [-0.25, -0.2) is 4.68 Å². The highest BCUT2D eigenvalue weighted by Gasteiger charge is 2.32. The van der Waals surface area contributed by atoms with Crippen molar-refractivity contribution in [3.63, 3.8) is 0 Å². The summed E-state index contributed by atoms with van der Waals surface area (Å²) in [5.74, 6) is 0.237. The summed E-state index contributed by atoms with van der Waals surface area (Å²) < 4.78 is 1.87. The molecular formula is C20H27N3O2. The lowest BCUT2D eigenvalue weighted by atomic mass is 10.1. The van der Waals surface area contributed by atoms with Gasteiger partial charge in [-0.05, 0) is 50.3 Å². The fourth-order valence-corrected chi connectivity index (χ4v) is 3.58. The van der Waals surface area contributed by atoms with Crippen LogP contribution >= 0.6 is 0 Å². The van der Waals surface area contributed by atoms with Crippen molar-refractivity contribution in [2.75, 3.05) is 6.54 Å². The van der Waals surface area contributed by atoms with Gasteiger partial charge >= 0.3 is 0 Å². The van der Waals surface area contributed by atoms with Crippen LogP contribution in [-0.2, 0) is 0 Å². The Hall–Kier alpha value is -2.14. The minimum absolute atomic E-state index is 0.0280. The molecule has 1 aromatic carbocycles. The number of carbonyl (C=O) groups excluding carboxylic acids is 1. The molecule has 1 fully saturated rings. The van der Waals surface area contributed by atoms with Crippen LogP contribution < -0.4 is 0 Å². The van der Waals surface area contributed by atoms with E-state index in [9.17, 15) is 9.90 Å². The van der Waals surface area contributed by atoms with Crippen molar-refractivity contribution in [3.05, 3.63) is 47.8 Å². The van der Waals surface area contributed by atoms with Gasteiger partial charge in [-0.2, -0.15) is 5.10 Å². The molecule has 2 atom stereocenters. The first-order valence-corrected chi connectivity index (χ1v) is 9.11. The predicted octanol–water partition coefficient (Wildman–Crippen LogP) is 3.37. The van der Waals surface area contributed by atoms with Crippen LogP contribution in [0.4, 0.5) is 0 Å². The number of carbonyl (C=O) groups is 1. The zero-order valence-electron chi connectivity index (χ0n) is 15.2. The smallest absolute Gasteiger partial charge is 0.274 e. The molecule has 1 saturated heterocycles. The van der Waals surface area contributed by atoms with Crippen LogP contribution in [0.15, 0.2) is 36.4 Å². The van der Waals surface area contributed by atoms with Crippen LogP contribution in [0, 0.1) is 0 Å². The molecule has 0 saturated carbocycles. The van der Waals surface area contributed by atoms with Gasteiger partial charge in [0, 0.05) is 18.3 Å². The fraction of sp³-hybridized carbons (Fsp3) is 0.500. The van der Waals surface area contributed by atoms with Crippen LogP contribution in [0.25, 0.3) is 5.69 Å². The second kappa shape index (κ2) is 7.40. The first kappa shape index (κ1) is 17.7. The number of rotatable bonds is 5. The Morgan fingerprint density at radius 2 is 2.00 bits per heavy atom. The number of hydrogen-bond acceptors (Lipinski definition) is 3. The van der Waals surface area contributed by atoms with Crippen molar-refractivity contribution in [2.24, 2.45) is 0 Å². The molecule has 5 nitrogen and oxygen atoms in total. The molecule has 1 N–H and O–H groups in total. The molecule has 0 aliphatic carbocycles. The molecule has 2 unspecified atom stereocenters. The van der Waals surface area contributed by atoms with Crippen LogP contribution in [0.5, 0.6) is 0 Å². The Balaban J connectivity index is 1.91. The molecule has 5 heteroatoms. The van der Waals surface area contributed by atoms with Gasteiger partial charge in [-0.1, -0.05) is 32.0 Å². The van der Waals surface area contributed by atoms with Crippen molar-refractivity contribution >= 4 is 5.91 Å². The molecule has 3 rings (SSSR count). The zero-order valence-corrected chi connectivity index (χ0v) is 15.2. The molecule has 0 bridgehead atoms. The second-order valence-corrected chi connectivity index (χ2v) is 7.24. The van der Waals surface area contributed by atoms with E-state index >= 15 is 0 Å². The summed E-state index contributed by atoms with van der Waals surface area (Å²) in [6.45, 7) is 6.74. The fourth-order valence-electron chi connectivity index (χ4n) is 3.58. The number of benzene rings is 1. The van der Waals surface area contributed by atoms with Gasteiger partial charge in [0.2, 0.25) is 0 Å². The van der Waals surface area contributed by atoms with Crippen molar-refractivity contribution in [3.8, 4) is 5.69 Å². The van der Waals surface area contributed by atoms with E-state index < -0.39 is 6.10 Å². The van der Waals surface area contributed by atoms with Gasteiger partial charge in [0.1, 0.15) is 0 Å². The standard InChI is InChI=1S/C20H27N3O2/c1-14(2)19-13-18(21-23(19)16-8-5-4-6-9-16)20(25)22-11-7-10-17(22)12-15(3)24/h4-6,8-9,13-15,17,24H,7,10-12H2,1-3H3. The van der Waals surface area contributed by atoms with Crippen LogP contribution in [0.1, 0.15) is 62.1 Å². The molecule has 0 radical (unpaired) electrons. The number of amides is 1. The summed E-state index contributed by atoms with van der Waals surface area (Å²) in [6, 6.07) is 11.9. The van der Waals surface area contributed by atoms with Crippen molar-refractivity contribution in [1.82, 2.24) is 14.7 Å². The predicted molar refractivity (Wildman–Crippen MR) is 98.0 cm³/mol. The molecule has 1 amide bonds. The number of nitrogens with zero attached hydrogens (tertiary/aromatic N) is 3. The van der Waals surface area contributed by atoms with Crippen LogP contribution in [0.3, 0.4) is 0 Å². The molecule has 25 heavy (non-hydrogen) atoms. The number of hydrogen-bond donors (Lipinski definition) is 1. The average molecular weight is 341 g/mol. The number of aromatic nitrogens is 2. The maximum absolute atomic E-state index is 13.0. The Labute approximate surface area is 149 Å². The van der Waals surface area contributed by atoms with Gasteiger partial charge < -0.3 is 10.0 Å². The van der Waals surface area contributed by atoms with Gasteiger partial charge in [-0.15, -0.1) is 0 Å². The van der Waals surface area contributed by atoms with E-state index in [1.54, 1.807) is 6.92 Å². The lowest BCUT2D eigenvalue weighted by molar-refractivity contribution is 0.0676. The molecule has 1 aliphatic rings. The third-order valence-corrected chi connectivity index (χ3v) is 4.80. The third-order valence-electron chi connectivity index (χ3n) is 4.80. The maximum atomic E-state index is 13.0. The van der Waals surface area contributed by atoms with Gasteiger partial charge in [0.25, 0.3) is 5.91 Å². The largest absolute Gasteiger partial charge is 0.393 e. The quantitative estimate of drug-likeness (QED) is 0.907. The molecule has 2 aromatic rings. The maximum Gasteiger partial charge on any atom is 0.274 e. The summed E-state index contributed by atoms with van der Waals surface area (Å²) in [4.78, 5) is 14.9. The van der Waals surface area contributed by atoms with Gasteiger partial charge in [0.05, 0.1) is 11.8 Å². The van der Waals surface area contributed by atoms with Crippen molar-refractivity contribution in [2.45, 2.75) is 58.1 Å². The second-order valence-electron chi connectivity index (χ2n) is 7.24. The zero-order chi connectivity index (χ0) is 18.0. The lowest BCUT2D eigenvalue weighted by Gasteiger charge is -2.24. The molecular weight excluding hydrogens is 314 g/mol. The van der Waals surface area contributed by atoms with E-state index in [2.05, 4.69) is 18.9 Å². The third kappa shape index (κ3) is 3.76. The van der Waals surface area contributed by atoms with E-state index in [4.69, 9.17) is 0 Å². The highest BCUT2D eigenvalue weighted by molar-refractivity contribution is 5.93. The minimum atomic E-state index is -0.397. The highest BCUT2D eigenvalue weighted by atomic mass is 16.3. The molecule has 1 aromatic heterocycles. The number of likely N-dealkylation sites (tertiary alicyclic amines) is 1. The summed E-state index contributed by atoms with van der Waals surface area (Å²) >= 11 is 0. The Bertz CT molecular complexity index is 722. The molecule has 1 aliphatic heterocycles. The van der Waals surface area contributed by atoms with Gasteiger partial charge in [0.15, 0.2) is 5.69 Å². The monoisotopic (exact) mass is 341 g/mol. The number of aliphatic hydroxyl groups excluding tert-OH is 1. The number of aliphatic hydroxyl groups is 1. The summed E-state index contributed by atoms with van der Waals surface area (Å²) in [7, 11) is 0. The first-order valence-electron chi connectivity index (χ1n) is 9.11. The van der Waals surface area contributed by atoms with E-state index in [1.807, 2.05) is 46.0 Å². The van der Waals surface area contributed by atoms with E-state index in [-0.39, 0.29) is 17.9 Å². The summed E-state index contributed by atoms with van der Waals surface area (Å²) in [5, 5.41) is 14.3. The Morgan fingerprint density at radius 3 is 2.64 bits per heavy atom. The van der Waals surface area contributed by atoms with E-state index in [0.717, 1.165) is 30.8 Å². The molecule has 134 valence electrons. The average Bonchev–Trinajstić information content (AvgIpc) is 3.21. The SMILES string of the molecule is CC(O)CC1CCCN1C(=O)c1cc(C(C)C)n(-c2ccccc2)n1. The first-order chi connectivity index (χ1) is 12.0. The Morgan fingerprint density at radius 1 is 1.28 bits per heavy atom. The minimum Gasteiger partial charge on any atom is -0.393 e. The number of para-hydroxylation sites is 1. The van der Waals surface area contributed by atoms with Crippen LogP contribution in [-0.4, -0.2) is 44.4 Å². The van der Waals surface area contributed by atoms with E-state index in [1.165, 1.54) is 0 Å². The highest BCUT2D eigenvalue weighted by Crippen LogP contribution is 2.26. The molecule has 2 heterocycles. The van der Waals surface area contributed by atoms with Crippen molar-refractivity contribution < 1.29 is 9.90 Å². The van der Waals surface area contributed by atoms with Crippen LogP contribution in [0.2, 0.25) is 0 Å². The summed E-state index contributed by atoms with van der Waals surface area (Å²) in [5.41, 5.74) is 2.48.